The molecular weight excluding hydrogens is 603 g/mol. The zero-order chi connectivity index (χ0) is 30.1. The van der Waals surface area contributed by atoms with Crippen LogP contribution in [-0.2, 0) is 46.2 Å². The molecule has 2 aliphatic heterocycles. The molecule has 0 radical (unpaired) electrons. The van der Waals surface area contributed by atoms with Crippen LogP contribution in [0.5, 0.6) is 0 Å². The van der Waals surface area contributed by atoms with Crippen molar-refractivity contribution in [3.05, 3.63) is 64.3 Å². The summed E-state index contributed by atoms with van der Waals surface area (Å²) in [7, 11) is -6.79. The van der Waals surface area contributed by atoms with Crippen molar-refractivity contribution in [2.24, 2.45) is 0 Å². The minimum atomic E-state index is -3.44. The first kappa shape index (κ1) is 30.7. The maximum atomic E-state index is 13.1. The summed E-state index contributed by atoms with van der Waals surface area (Å²) in [6.45, 7) is 4.71. The third kappa shape index (κ3) is 7.08. The first-order valence-corrected chi connectivity index (χ1v) is 18.0. The highest BCUT2D eigenvalue weighted by molar-refractivity contribution is 7.92. The number of alkyl halides is 1. The number of para-hydroxylation sites is 1. The lowest BCUT2D eigenvalue weighted by molar-refractivity contribution is 0.248. The molecule has 0 bridgehead atoms. The van der Waals surface area contributed by atoms with Crippen molar-refractivity contribution >= 4 is 43.0 Å². The molecule has 2 aromatic carbocycles. The van der Waals surface area contributed by atoms with E-state index >= 15 is 0 Å². The number of hydrogen-bond acceptors (Lipinski definition) is 7. The van der Waals surface area contributed by atoms with Crippen LogP contribution in [0.3, 0.4) is 0 Å². The lowest BCUT2D eigenvalue weighted by Gasteiger charge is -2.37. The maximum Gasteiger partial charge on any atom is 0.229 e. The summed E-state index contributed by atoms with van der Waals surface area (Å²) in [4.78, 5) is 4.49. The van der Waals surface area contributed by atoms with Crippen LogP contribution < -0.4 is 9.62 Å². The van der Waals surface area contributed by atoms with Crippen molar-refractivity contribution in [2.75, 3.05) is 61.4 Å². The van der Waals surface area contributed by atoms with Gasteiger partial charge < -0.3 is 4.90 Å². The van der Waals surface area contributed by atoms with Gasteiger partial charge in [-0.25, -0.2) is 21.2 Å². The molecular formula is C28H36ClFN6O4S2. The first-order chi connectivity index (χ1) is 19.9. The summed E-state index contributed by atoms with van der Waals surface area (Å²) in [6, 6.07) is 12.4. The van der Waals surface area contributed by atoms with Crippen LogP contribution in [-0.4, -0.2) is 87.6 Å². The Balaban J connectivity index is 1.25. The molecule has 0 spiro atoms. The Bertz CT molecular complexity index is 1640. The number of aromatic nitrogens is 2. The minimum Gasteiger partial charge on any atom is -0.366 e. The monoisotopic (exact) mass is 638 g/mol. The van der Waals surface area contributed by atoms with Crippen LogP contribution in [0.25, 0.3) is 11.3 Å². The number of rotatable bonds is 10. The van der Waals surface area contributed by atoms with Gasteiger partial charge in [-0.1, -0.05) is 41.9 Å². The number of sulfonamides is 2. The quantitative estimate of drug-likeness (QED) is 0.362. The molecule has 1 fully saturated rings. The topological polar surface area (TPSA) is 108 Å². The number of anilines is 2. The Morgan fingerprint density at radius 1 is 0.952 bits per heavy atom. The molecule has 0 unspecified atom stereocenters. The Kier molecular flexibility index (Phi) is 9.14. The highest BCUT2D eigenvalue weighted by Crippen LogP contribution is 2.35. The molecule has 3 heterocycles. The van der Waals surface area contributed by atoms with Crippen molar-refractivity contribution in [1.82, 2.24) is 19.0 Å². The predicted octanol–water partition coefficient (Wildman–Crippen LogP) is 3.57. The van der Waals surface area contributed by atoms with E-state index in [9.17, 15) is 21.2 Å². The zero-order valence-electron chi connectivity index (χ0n) is 23.8. The van der Waals surface area contributed by atoms with Crippen molar-refractivity contribution < 1.29 is 21.2 Å². The van der Waals surface area contributed by atoms with E-state index < -0.39 is 26.7 Å². The van der Waals surface area contributed by atoms with Gasteiger partial charge in [0.15, 0.2) is 0 Å². The lowest BCUT2D eigenvalue weighted by atomic mass is 10.0. The van der Waals surface area contributed by atoms with E-state index in [1.165, 1.54) is 10.6 Å². The standard InChI is InChI=1S/C28H36ClFN6O4S2/c1-41(37,38)32-25-6-3-5-24(29)28(25)34-17-15-33(16-18-34)12-4-13-36-26-11-14-35(42(2,39)40)20-23(26)27(31-36)22-9-7-21(19-30)8-10-22/h3,5-10,32H,4,11-20H2,1-2H3. The van der Waals surface area contributed by atoms with Gasteiger partial charge in [0.1, 0.15) is 6.67 Å². The molecule has 0 aliphatic carbocycles. The SMILES string of the molecule is CS(=O)(=O)Nc1cccc(Cl)c1N1CCN(CCCn2nc(-c3ccc(CF)cc3)c3c2CCN(S(C)(=O)=O)C3)CC1. The number of nitrogens with zero attached hydrogens (tertiary/aromatic N) is 5. The number of nitrogens with one attached hydrogen (secondary N) is 1. The van der Waals surface area contributed by atoms with E-state index in [1.807, 2.05) is 16.8 Å². The number of aryl methyl sites for hydroxylation is 1. The summed E-state index contributed by atoms with van der Waals surface area (Å²) in [6.07, 6.45) is 3.79. The van der Waals surface area contributed by atoms with E-state index in [0.717, 1.165) is 54.8 Å². The van der Waals surface area contributed by atoms with Crippen molar-refractivity contribution in [2.45, 2.75) is 32.6 Å². The second-order valence-corrected chi connectivity index (χ2v) is 15.0. The Labute approximate surface area is 252 Å². The van der Waals surface area contributed by atoms with Crippen LogP contribution in [0.1, 0.15) is 23.2 Å². The van der Waals surface area contributed by atoms with Crippen molar-refractivity contribution in [3.63, 3.8) is 0 Å². The number of benzene rings is 2. The molecule has 10 nitrogen and oxygen atoms in total. The highest BCUT2D eigenvalue weighted by atomic mass is 35.5. The van der Waals surface area contributed by atoms with Crippen LogP contribution in [0, 0.1) is 0 Å². The van der Waals surface area contributed by atoms with Gasteiger partial charge in [0.05, 0.1) is 34.6 Å². The summed E-state index contributed by atoms with van der Waals surface area (Å²) in [5.41, 5.74) is 5.31. The highest BCUT2D eigenvalue weighted by Gasteiger charge is 2.30. The third-order valence-electron chi connectivity index (χ3n) is 7.76. The van der Waals surface area contributed by atoms with Gasteiger partial charge in [-0.05, 0) is 24.1 Å². The zero-order valence-corrected chi connectivity index (χ0v) is 26.2. The third-order valence-corrected chi connectivity index (χ3v) is 9.91. The molecule has 0 atom stereocenters. The molecule has 14 heteroatoms. The maximum absolute atomic E-state index is 13.1. The van der Waals surface area contributed by atoms with Gasteiger partial charge in [0, 0.05) is 75.6 Å². The first-order valence-electron chi connectivity index (χ1n) is 13.9. The van der Waals surface area contributed by atoms with E-state index in [1.54, 1.807) is 30.3 Å². The molecule has 1 N–H and O–H groups in total. The van der Waals surface area contributed by atoms with Gasteiger partial charge in [0.25, 0.3) is 0 Å². The average Bonchev–Trinajstić information content (AvgIpc) is 3.30. The van der Waals surface area contributed by atoms with Gasteiger partial charge in [-0.3, -0.25) is 14.3 Å². The van der Waals surface area contributed by atoms with E-state index in [4.69, 9.17) is 16.7 Å². The van der Waals surface area contributed by atoms with Gasteiger partial charge in [0.2, 0.25) is 20.0 Å². The number of hydrogen-bond donors (Lipinski definition) is 1. The Morgan fingerprint density at radius 3 is 2.31 bits per heavy atom. The van der Waals surface area contributed by atoms with E-state index in [-0.39, 0.29) is 6.54 Å². The number of piperazine rings is 1. The van der Waals surface area contributed by atoms with Gasteiger partial charge in [-0.2, -0.15) is 9.40 Å². The van der Waals surface area contributed by atoms with Crippen LogP contribution >= 0.6 is 11.6 Å². The fourth-order valence-corrected chi connectivity index (χ4v) is 7.32. The second-order valence-electron chi connectivity index (χ2n) is 10.9. The Morgan fingerprint density at radius 2 is 1.67 bits per heavy atom. The number of fused-ring (bicyclic) bond motifs is 1. The summed E-state index contributed by atoms with van der Waals surface area (Å²) in [5.74, 6) is 0. The minimum absolute atomic E-state index is 0.272. The molecule has 3 aromatic rings. The molecule has 228 valence electrons. The van der Waals surface area contributed by atoms with Crippen LogP contribution in [0.4, 0.5) is 15.8 Å². The normalized spacial score (nSPS) is 16.9. The van der Waals surface area contributed by atoms with E-state index in [0.29, 0.717) is 54.6 Å². The summed E-state index contributed by atoms with van der Waals surface area (Å²) < 4.78 is 67.5. The summed E-state index contributed by atoms with van der Waals surface area (Å²) >= 11 is 6.48. The molecule has 42 heavy (non-hydrogen) atoms. The molecule has 2 aliphatic rings. The second kappa shape index (κ2) is 12.5. The van der Waals surface area contributed by atoms with Crippen LogP contribution in [0.2, 0.25) is 5.02 Å². The van der Waals surface area contributed by atoms with E-state index in [2.05, 4.69) is 14.5 Å². The largest absolute Gasteiger partial charge is 0.366 e. The average molecular weight is 639 g/mol. The molecule has 1 aromatic heterocycles. The molecule has 0 saturated carbocycles. The molecule has 5 rings (SSSR count). The van der Waals surface area contributed by atoms with Crippen molar-refractivity contribution in [1.29, 1.82) is 0 Å². The Hall–Kier alpha value is -2.71. The van der Waals surface area contributed by atoms with Crippen molar-refractivity contribution in [3.8, 4) is 11.3 Å². The smallest absolute Gasteiger partial charge is 0.229 e. The molecule has 1 saturated heterocycles. The lowest BCUT2D eigenvalue weighted by Crippen LogP contribution is -2.47. The number of halogens is 2. The van der Waals surface area contributed by atoms with Crippen LogP contribution in [0.15, 0.2) is 42.5 Å². The molecule has 0 amide bonds. The fraction of sp³-hybridized carbons (Fsp3) is 0.464. The fourth-order valence-electron chi connectivity index (χ4n) is 5.68. The summed E-state index contributed by atoms with van der Waals surface area (Å²) in [5, 5.41) is 5.43. The van der Waals surface area contributed by atoms with Gasteiger partial charge >= 0.3 is 0 Å². The predicted molar refractivity (Wildman–Crippen MR) is 165 cm³/mol. The van der Waals surface area contributed by atoms with Gasteiger partial charge in [-0.15, -0.1) is 0 Å².